The zero-order valence-corrected chi connectivity index (χ0v) is 14.7. The SMILES string of the molecule is COC1CCN(c2ccc(C(=O)N3CCc4sccc4C3)cc2)C1. The molecule has 3 heterocycles. The highest BCUT2D eigenvalue weighted by Gasteiger charge is 2.24. The summed E-state index contributed by atoms with van der Waals surface area (Å²) in [5.41, 5.74) is 3.25. The Labute approximate surface area is 146 Å². The predicted molar refractivity (Wildman–Crippen MR) is 96.8 cm³/mol. The molecule has 4 nitrogen and oxygen atoms in total. The average Bonchev–Trinajstić information content (AvgIpc) is 3.29. The summed E-state index contributed by atoms with van der Waals surface area (Å²) in [5.74, 6) is 0.134. The maximum atomic E-state index is 12.8. The average molecular weight is 342 g/mol. The van der Waals surface area contributed by atoms with Crippen molar-refractivity contribution >= 4 is 22.9 Å². The molecule has 1 aromatic carbocycles. The fraction of sp³-hybridized carbons (Fsp3) is 0.421. The summed E-state index contributed by atoms with van der Waals surface area (Å²) in [4.78, 5) is 18.5. The van der Waals surface area contributed by atoms with Crippen molar-refractivity contribution < 1.29 is 9.53 Å². The van der Waals surface area contributed by atoms with Gasteiger partial charge in [0.1, 0.15) is 0 Å². The topological polar surface area (TPSA) is 32.8 Å². The van der Waals surface area contributed by atoms with Gasteiger partial charge in [0.25, 0.3) is 5.91 Å². The van der Waals surface area contributed by atoms with Crippen molar-refractivity contribution in [3.05, 3.63) is 51.7 Å². The van der Waals surface area contributed by atoms with E-state index < -0.39 is 0 Å². The van der Waals surface area contributed by atoms with Gasteiger partial charge in [-0.25, -0.2) is 0 Å². The normalized spacial score (nSPS) is 20.3. The number of methoxy groups -OCH3 is 1. The van der Waals surface area contributed by atoms with Gasteiger partial charge in [-0.3, -0.25) is 4.79 Å². The number of anilines is 1. The summed E-state index contributed by atoms with van der Waals surface area (Å²) in [5, 5.41) is 2.12. The van der Waals surface area contributed by atoms with E-state index in [1.807, 2.05) is 17.0 Å². The standard InChI is InChI=1S/C19H22N2O2S/c1-23-17-6-9-20(13-17)16-4-2-14(3-5-16)19(22)21-10-7-18-15(12-21)8-11-24-18/h2-5,8,11,17H,6-7,9-10,12-13H2,1H3. The molecule has 126 valence electrons. The Morgan fingerprint density at radius 3 is 2.79 bits per heavy atom. The van der Waals surface area contributed by atoms with Crippen LogP contribution in [0.25, 0.3) is 0 Å². The van der Waals surface area contributed by atoms with Crippen molar-refractivity contribution in [2.24, 2.45) is 0 Å². The van der Waals surface area contributed by atoms with Gasteiger partial charge in [0.05, 0.1) is 6.10 Å². The number of rotatable bonds is 3. The van der Waals surface area contributed by atoms with Crippen LogP contribution in [0.15, 0.2) is 35.7 Å². The van der Waals surface area contributed by atoms with Gasteiger partial charge in [0.2, 0.25) is 0 Å². The van der Waals surface area contributed by atoms with Crippen LogP contribution in [0.3, 0.4) is 0 Å². The number of benzene rings is 1. The Morgan fingerprint density at radius 1 is 1.21 bits per heavy atom. The van der Waals surface area contributed by atoms with Gasteiger partial charge in [-0.05, 0) is 54.1 Å². The van der Waals surface area contributed by atoms with Crippen LogP contribution in [0.5, 0.6) is 0 Å². The minimum absolute atomic E-state index is 0.134. The van der Waals surface area contributed by atoms with Gasteiger partial charge in [-0.2, -0.15) is 0 Å². The first-order chi connectivity index (χ1) is 11.7. The summed E-state index contributed by atoms with van der Waals surface area (Å²) in [6.07, 6.45) is 2.36. The molecule has 0 spiro atoms. The van der Waals surface area contributed by atoms with Crippen LogP contribution in [0.1, 0.15) is 27.2 Å². The van der Waals surface area contributed by atoms with Gasteiger partial charge in [0, 0.05) is 49.4 Å². The van der Waals surface area contributed by atoms with Crippen LogP contribution in [0.4, 0.5) is 5.69 Å². The van der Waals surface area contributed by atoms with Crippen LogP contribution in [0, 0.1) is 0 Å². The van der Waals surface area contributed by atoms with Crippen molar-refractivity contribution in [2.75, 3.05) is 31.6 Å². The zero-order chi connectivity index (χ0) is 16.5. The molecule has 1 saturated heterocycles. The van der Waals surface area contributed by atoms with E-state index in [0.717, 1.165) is 44.6 Å². The Hall–Kier alpha value is -1.85. The lowest BCUT2D eigenvalue weighted by Crippen LogP contribution is -2.35. The van der Waals surface area contributed by atoms with E-state index in [4.69, 9.17) is 4.74 Å². The third kappa shape index (κ3) is 2.94. The van der Waals surface area contributed by atoms with E-state index in [1.165, 1.54) is 16.1 Å². The number of fused-ring (bicyclic) bond motifs is 1. The van der Waals surface area contributed by atoms with Crippen molar-refractivity contribution in [1.29, 1.82) is 0 Å². The molecule has 1 amide bonds. The summed E-state index contributed by atoms with van der Waals surface area (Å²) in [6, 6.07) is 10.2. The number of amides is 1. The van der Waals surface area contributed by atoms with Crippen molar-refractivity contribution in [2.45, 2.75) is 25.5 Å². The van der Waals surface area contributed by atoms with E-state index in [9.17, 15) is 4.79 Å². The van der Waals surface area contributed by atoms with E-state index in [2.05, 4.69) is 28.5 Å². The molecule has 0 N–H and O–H groups in total. The Bertz CT molecular complexity index is 725. The minimum atomic E-state index is 0.134. The number of carbonyl (C=O) groups excluding carboxylic acids is 1. The zero-order valence-electron chi connectivity index (χ0n) is 13.9. The predicted octanol–water partition coefficient (Wildman–Crippen LogP) is 3.17. The minimum Gasteiger partial charge on any atom is -0.380 e. The molecule has 1 aromatic heterocycles. The van der Waals surface area contributed by atoms with Gasteiger partial charge >= 0.3 is 0 Å². The van der Waals surface area contributed by atoms with Gasteiger partial charge in [-0.15, -0.1) is 11.3 Å². The number of carbonyl (C=O) groups is 1. The lowest BCUT2D eigenvalue weighted by molar-refractivity contribution is 0.0736. The second kappa shape index (κ2) is 6.57. The summed E-state index contributed by atoms with van der Waals surface area (Å²) < 4.78 is 5.42. The third-order valence-corrected chi connectivity index (χ3v) is 6.08. The Kier molecular flexibility index (Phi) is 4.29. The Morgan fingerprint density at radius 2 is 2.04 bits per heavy atom. The van der Waals surface area contributed by atoms with Crippen molar-refractivity contribution in [1.82, 2.24) is 4.90 Å². The second-order valence-electron chi connectivity index (χ2n) is 6.48. The highest BCUT2D eigenvalue weighted by molar-refractivity contribution is 7.10. The molecule has 1 fully saturated rings. The van der Waals surface area contributed by atoms with Crippen LogP contribution in [0.2, 0.25) is 0 Å². The quantitative estimate of drug-likeness (QED) is 0.859. The van der Waals surface area contributed by atoms with Crippen molar-refractivity contribution in [3.8, 4) is 0 Å². The fourth-order valence-corrected chi connectivity index (χ4v) is 4.46. The third-order valence-electron chi connectivity index (χ3n) is 5.05. The first-order valence-corrected chi connectivity index (χ1v) is 9.35. The molecule has 4 rings (SSSR count). The monoisotopic (exact) mass is 342 g/mol. The molecule has 24 heavy (non-hydrogen) atoms. The van der Waals surface area contributed by atoms with Crippen LogP contribution in [-0.4, -0.2) is 43.7 Å². The fourth-order valence-electron chi connectivity index (χ4n) is 3.57. The maximum Gasteiger partial charge on any atom is 0.254 e. The molecular formula is C19H22N2O2S. The lowest BCUT2D eigenvalue weighted by Gasteiger charge is -2.27. The summed E-state index contributed by atoms with van der Waals surface area (Å²) >= 11 is 1.80. The van der Waals surface area contributed by atoms with Crippen LogP contribution >= 0.6 is 11.3 Å². The molecule has 0 aliphatic carbocycles. The molecule has 1 unspecified atom stereocenters. The molecule has 0 radical (unpaired) electrons. The smallest absolute Gasteiger partial charge is 0.254 e. The molecule has 2 aromatic rings. The number of nitrogens with zero attached hydrogens (tertiary/aromatic N) is 2. The molecule has 5 heteroatoms. The largest absolute Gasteiger partial charge is 0.380 e. The Balaban J connectivity index is 1.44. The maximum absolute atomic E-state index is 12.8. The molecule has 0 saturated carbocycles. The lowest BCUT2D eigenvalue weighted by atomic mass is 10.1. The summed E-state index contributed by atoms with van der Waals surface area (Å²) in [7, 11) is 1.77. The molecule has 0 bridgehead atoms. The van der Waals surface area contributed by atoms with Crippen LogP contribution < -0.4 is 4.90 Å². The van der Waals surface area contributed by atoms with E-state index in [1.54, 1.807) is 18.4 Å². The van der Waals surface area contributed by atoms with Gasteiger partial charge in [0.15, 0.2) is 0 Å². The van der Waals surface area contributed by atoms with Crippen LogP contribution in [-0.2, 0) is 17.7 Å². The first kappa shape index (κ1) is 15.7. The number of ether oxygens (including phenoxy) is 1. The van der Waals surface area contributed by atoms with E-state index in [0.29, 0.717) is 6.10 Å². The van der Waals surface area contributed by atoms with E-state index in [-0.39, 0.29) is 5.91 Å². The van der Waals surface area contributed by atoms with Crippen molar-refractivity contribution in [3.63, 3.8) is 0 Å². The summed E-state index contributed by atoms with van der Waals surface area (Å²) in [6.45, 7) is 3.49. The number of hydrogen-bond acceptors (Lipinski definition) is 4. The highest BCUT2D eigenvalue weighted by Crippen LogP contribution is 2.26. The highest BCUT2D eigenvalue weighted by atomic mass is 32.1. The number of hydrogen-bond donors (Lipinski definition) is 0. The second-order valence-corrected chi connectivity index (χ2v) is 7.49. The molecule has 2 aliphatic heterocycles. The first-order valence-electron chi connectivity index (χ1n) is 8.47. The molecular weight excluding hydrogens is 320 g/mol. The van der Waals surface area contributed by atoms with E-state index >= 15 is 0 Å². The van der Waals surface area contributed by atoms with Gasteiger partial charge in [-0.1, -0.05) is 0 Å². The van der Waals surface area contributed by atoms with Gasteiger partial charge < -0.3 is 14.5 Å². The number of thiophene rings is 1. The molecule has 1 atom stereocenters. The molecule has 2 aliphatic rings.